The van der Waals surface area contributed by atoms with Gasteiger partial charge in [0.1, 0.15) is 5.54 Å². The Hall–Kier alpha value is -0.650. The minimum Gasteiger partial charge on any atom is -0.480 e. The van der Waals surface area contributed by atoms with E-state index < -0.39 is 11.5 Å². The summed E-state index contributed by atoms with van der Waals surface area (Å²) < 4.78 is 0. The molecule has 1 unspecified atom stereocenters. The average Bonchev–Trinajstić information content (AvgIpc) is 2.21. The molecule has 1 rings (SSSR count). The minimum absolute atomic E-state index is 0.0928. The lowest BCUT2D eigenvalue weighted by Gasteiger charge is -2.47. The fourth-order valence-corrected chi connectivity index (χ4v) is 2.74. The maximum atomic E-state index is 11.6. The summed E-state index contributed by atoms with van der Waals surface area (Å²) in [6.07, 6.45) is 0. The summed E-state index contributed by atoms with van der Waals surface area (Å²) in [4.78, 5) is 16.1. The third kappa shape index (κ3) is 4.16. The molecule has 0 aromatic carbocycles. The molecule has 1 aliphatic heterocycles. The Kier molecular flexibility index (Phi) is 4.98. The van der Waals surface area contributed by atoms with Gasteiger partial charge >= 0.3 is 5.97 Å². The third-order valence-electron chi connectivity index (χ3n) is 4.01. The van der Waals surface area contributed by atoms with Gasteiger partial charge < -0.3 is 5.11 Å². The number of hydrogen-bond donors (Lipinski definition) is 2. The quantitative estimate of drug-likeness (QED) is 0.776. The second kappa shape index (κ2) is 5.77. The summed E-state index contributed by atoms with van der Waals surface area (Å²) in [6.45, 7) is 13.5. The van der Waals surface area contributed by atoms with Crippen LogP contribution < -0.4 is 5.32 Å². The number of carbonyl (C=O) groups is 1. The molecule has 19 heavy (non-hydrogen) atoms. The van der Waals surface area contributed by atoms with Crippen LogP contribution in [0.25, 0.3) is 0 Å². The molecule has 0 aromatic heterocycles. The zero-order valence-electron chi connectivity index (χ0n) is 13.2. The van der Waals surface area contributed by atoms with Gasteiger partial charge in [0.05, 0.1) is 0 Å². The number of hydrogen-bond acceptors (Lipinski definition) is 4. The first kappa shape index (κ1) is 16.4. The summed E-state index contributed by atoms with van der Waals surface area (Å²) in [5.74, 6) is -0.780. The molecule has 1 fully saturated rings. The molecule has 1 saturated heterocycles. The number of aliphatic carboxylic acids is 1. The van der Waals surface area contributed by atoms with Crippen molar-refractivity contribution in [3.05, 3.63) is 0 Å². The molecule has 112 valence electrons. The average molecular weight is 271 g/mol. The van der Waals surface area contributed by atoms with Crippen LogP contribution in [0.5, 0.6) is 0 Å². The summed E-state index contributed by atoms with van der Waals surface area (Å²) in [7, 11) is 2.13. The molecule has 5 heteroatoms. The summed E-state index contributed by atoms with van der Waals surface area (Å²) >= 11 is 0. The highest BCUT2D eigenvalue weighted by Gasteiger charge is 2.39. The summed E-state index contributed by atoms with van der Waals surface area (Å²) in [5.41, 5.74) is -0.796. The van der Waals surface area contributed by atoms with Crippen molar-refractivity contribution >= 4 is 5.97 Å². The van der Waals surface area contributed by atoms with Crippen LogP contribution in [0.3, 0.4) is 0 Å². The van der Waals surface area contributed by atoms with Crippen molar-refractivity contribution in [2.24, 2.45) is 0 Å². The van der Waals surface area contributed by atoms with Gasteiger partial charge in [0, 0.05) is 37.8 Å². The van der Waals surface area contributed by atoms with Gasteiger partial charge in [-0.05, 0) is 41.7 Å². The van der Waals surface area contributed by atoms with Crippen molar-refractivity contribution in [1.29, 1.82) is 0 Å². The van der Waals surface area contributed by atoms with Crippen LogP contribution in [-0.4, -0.2) is 71.2 Å². The van der Waals surface area contributed by atoms with Crippen LogP contribution in [0.1, 0.15) is 34.6 Å². The monoisotopic (exact) mass is 271 g/mol. The van der Waals surface area contributed by atoms with Crippen LogP contribution in [-0.2, 0) is 4.79 Å². The summed E-state index contributed by atoms with van der Waals surface area (Å²) in [6, 6.07) is 0.154. The van der Waals surface area contributed by atoms with Gasteiger partial charge in [-0.1, -0.05) is 0 Å². The predicted molar refractivity (Wildman–Crippen MR) is 77.5 cm³/mol. The normalized spacial score (nSPS) is 24.4. The van der Waals surface area contributed by atoms with Crippen molar-refractivity contribution in [3.8, 4) is 0 Å². The van der Waals surface area contributed by atoms with Crippen LogP contribution in [0, 0.1) is 0 Å². The minimum atomic E-state index is -0.889. The van der Waals surface area contributed by atoms with Crippen molar-refractivity contribution in [3.63, 3.8) is 0 Å². The first-order valence-electron chi connectivity index (χ1n) is 7.01. The van der Waals surface area contributed by atoms with E-state index in [1.54, 1.807) is 6.92 Å². The van der Waals surface area contributed by atoms with E-state index in [2.05, 4.69) is 36.0 Å². The SMILES string of the molecule is CC(C)NC(C)(CN1CCN(C)C(C)(C)C1)C(=O)O. The second-order valence-electron chi connectivity index (χ2n) is 6.88. The molecule has 5 nitrogen and oxygen atoms in total. The summed E-state index contributed by atoms with van der Waals surface area (Å²) in [5, 5.41) is 12.7. The molecule has 1 atom stereocenters. The Balaban J connectivity index is 2.73. The van der Waals surface area contributed by atoms with Gasteiger partial charge in [0.2, 0.25) is 0 Å². The molecule has 0 aromatic rings. The molecule has 0 aliphatic carbocycles. The standard InChI is InChI=1S/C14H29N3O2/c1-11(2)15-14(5,12(18)19)10-17-8-7-16(6)13(3,4)9-17/h11,15H,7-10H2,1-6H3,(H,18,19). The number of piperazine rings is 1. The van der Waals surface area contributed by atoms with E-state index in [9.17, 15) is 9.90 Å². The number of carboxylic acid groups (broad SMARTS) is 1. The second-order valence-corrected chi connectivity index (χ2v) is 6.88. The van der Waals surface area contributed by atoms with Crippen LogP contribution >= 0.6 is 0 Å². The molecule has 1 heterocycles. The van der Waals surface area contributed by atoms with Gasteiger partial charge in [-0.15, -0.1) is 0 Å². The molecule has 0 amide bonds. The number of carboxylic acids is 1. The van der Waals surface area contributed by atoms with Crippen molar-refractivity contribution in [1.82, 2.24) is 15.1 Å². The van der Waals surface area contributed by atoms with Gasteiger partial charge in [-0.25, -0.2) is 0 Å². The fourth-order valence-electron chi connectivity index (χ4n) is 2.74. The maximum Gasteiger partial charge on any atom is 0.324 e. The van der Waals surface area contributed by atoms with E-state index in [-0.39, 0.29) is 11.6 Å². The topological polar surface area (TPSA) is 55.8 Å². The molecule has 0 spiro atoms. The Morgan fingerprint density at radius 3 is 2.42 bits per heavy atom. The highest BCUT2D eigenvalue weighted by molar-refractivity contribution is 5.78. The molecular formula is C14H29N3O2. The zero-order chi connectivity index (χ0) is 14.8. The van der Waals surface area contributed by atoms with Crippen LogP contribution in [0.2, 0.25) is 0 Å². The molecule has 1 aliphatic rings. The molecule has 0 bridgehead atoms. The number of rotatable bonds is 5. The predicted octanol–water partition coefficient (Wildman–Crippen LogP) is 0.854. The molecule has 0 radical (unpaired) electrons. The van der Waals surface area contributed by atoms with E-state index in [1.807, 2.05) is 13.8 Å². The van der Waals surface area contributed by atoms with E-state index in [4.69, 9.17) is 0 Å². The lowest BCUT2D eigenvalue weighted by molar-refractivity contribution is -0.146. The smallest absolute Gasteiger partial charge is 0.324 e. The highest BCUT2D eigenvalue weighted by atomic mass is 16.4. The molecular weight excluding hydrogens is 242 g/mol. The Morgan fingerprint density at radius 2 is 2.00 bits per heavy atom. The first-order chi connectivity index (χ1) is 8.57. The first-order valence-corrected chi connectivity index (χ1v) is 7.01. The number of nitrogens with zero attached hydrogens (tertiary/aromatic N) is 2. The fraction of sp³-hybridized carbons (Fsp3) is 0.929. The van der Waals surface area contributed by atoms with Crippen molar-refractivity contribution < 1.29 is 9.90 Å². The third-order valence-corrected chi connectivity index (χ3v) is 4.01. The van der Waals surface area contributed by atoms with Crippen molar-refractivity contribution in [2.75, 3.05) is 33.2 Å². The van der Waals surface area contributed by atoms with E-state index in [0.29, 0.717) is 6.54 Å². The molecule has 0 saturated carbocycles. The molecule has 2 N–H and O–H groups in total. The Morgan fingerprint density at radius 1 is 1.42 bits per heavy atom. The van der Waals surface area contributed by atoms with Crippen molar-refractivity contribution in [2.45, 2.75) is 51.7 Å². The lowest BCUT2D eigenvalue weighted by Crippen LogP contribution is -2.64. The van der Waals surface area contributed by atoms with Gasteiger partial charge in [-0.2, -0.15) is 0 Å². The zero-order valence-corrected chi connectivity index (χ0v) is 13.2. The largest absolute Gasteiger partial charge is 0.480 e. The van der Waals surface area contributed by atoms with Gasteiger partial charge in [-0.3, -0.25) is 19.9 Å². The van der Waals surface area contributed by atoms with Gasteiger partial charge in [0.25, 0.3) is 0 Å². The van der Waals surface area contributed by atoms with Gasteiger partial charge in [0.15, 0.2) is 0 Å². The van der Waals surface area contributed by atoms with E-state index >= 15 is 0 Å². The lowest BCUT2D eigenvalue weighted by atomic mass is 9.95. The highest BCUT2D eigenvalue weighted by Crippen LogP contribution is 2.20. The Bertz CT molecular complexity index is 331. The number of nitrogens with one attached hydrogen (secondary N) is 1. The van der Waals surface area contributed by atoms with Crippen LogP contribution in [0.15, 0.2) is 0 Å². The van der Waals surface area contributed by atoms with E-state index in [0.717, 1.165) is 19.6 Å². The van der Waals surface area contributed by atoms with E-state index in [1.165, 1.54) is 0 Å². The van der Waals surface area contributed by atoms with Crippen LogP contribution in [0.4, 0.5) is 0 Å². The maximum absolute atomic E-state index is 11.6. The number of likely N-dealkylation sites (N-methyl/N-ethyl adjacent to an activating group) is 1. The Labute approximate surface area is 117 Å².